The van der Waals surface area contributed by atoms with E-state index in [1.54, 1.807) is 0 Å². The lowest BCUT2D eigenvalue weighted by atomic mass is 10.2. The number of nitrogens with one attached hydrogen (secondary N) is 3. The number of hydrogen-bond acceptors (Lipinski definition) is 9. The van der Waals surface area contributed by atoms with Crippen molar-refractivity contribution in [1.82, 2.24) is 29.9 Å². The molecule has 0 aliphatic heterocycles. The van der Waals surface area contributed by atoms with E-state index in [9.17, 15) is 0 Å². The van der Waals surface area contributed by atoms with E-state index < -0.39 is 0 Å². The number of nitrogens with zero attached hydrogens (tertiary/aromatic N) is 4. The third-order valence-electron chi connectivity index (χ3n) is 4.24. The Balaban J connectivity index is 0.00000132. The molecule has 3 aromatic rings. The van der Waals surface area contributed by atoms with Crippen LogP contribution in [-0.2, 0) is 15.6 Å². The Labute approximate surface area is 203 Å². The third-order valence-corrected chi connectivity index (χ3v) is 5.10. The lowest BCUT2D eigenvalue weighted by molar-refractivity contribution is -0.161. The lowest BCUT2D eigenvalue weighted by Crippen LogP contribution is -2.11. The summed E-state index contributed by atoms with van der Waals surface area (Å²) in [7, 11) is 1.45. The smallest absolute Gasteiger partial charge is 0.247 e. The molecule has 0 spiro atoms. The van der Waals surface area contributed by atoms with Gasteiger partial charge in [-0.15, -0.1) is 9.43 Å². The predicted octanol–water partition coefficient (Wildman–Crippen LogP) is 4.86. The molecule has 0 amide bonds. The number of aromatic nitrogens is 5. The van der Waals surface area contributed by atoms with Gasteiger partial charge in [0, 0.05) is 36.2 Å². The molecule has 9 nitrogen and oxygen atoms in total. The molecule has 1 aliphatic carbocycles. The fourth-order valence-corrected chi connectivity index (χ4v) is 3.24. The molecule has 1 saturated carbocycles. The molecular formula is C19H23ClIN7O2S. The largest absolute Gasteiger partial charge is 0.307 e. The van der Waals surface area contributed by atoms with Crippen LogP contribution in [0.15, 0.2) is 30.3 Å². The number of halogens is 2. The Morgan fingerprint density at radius 3 is 2.77 bits per heavy atom. The van der Waals surface area contributed by atoms with Crippen molar-refractivity contribution < 1.29 is 9.22 Å². The van der Waals surface area contributed by atoms with Gasteiger partial charge in [0.1, 0.15) is 23.9 Å². The second-order valence-corrected chi connectivity index (χ2v) is 7.45. The Kier molecular flexibility index (Phi) is 9.74. The molecule has 1 aromatic carbocycles. The third kappa shape index (κ3) is 7.26. The van der Waals surface area contributed by atoms with Gasteiger partial charge in [0.2, 0.25) is 5.95 Å². The molecule has 1 aliphatic rings. The summed E-state index contributed by atoms with van der Waals surface area (Å²) in [6.07, 6.45) is 2.96. The lowest BCUT2D eigenvalue weighted by Gasteiger charge is -2.10. The summed E-state index contributed by atoms with van der Waals surface area (Å²) < 4.78 is 7.76. The Hall–Kier alpha value is -1.51. The van der Waals surface area contributed by atoms with Crippen LogP contribution in [0.5, 0.6) is 0 Å². The van der Waals surface area contributed by atoms with Gasteiger partial charge >= 0.3 is 0 Å². The molecule has 2 aromatic heterocycles. The second-order valence-electron chi connectivity index (χ2n) is 6.45. The summed E-state index contributed by atoms with van der Waals surface area (Å²) in [4.78, 5) is 20.3. The quantitative estimate of drug-likeness (QED) is 0.0594. The monoisotopic (exact) mass is 575 g/mol. The van der Waals surface area contributed by atoms with Gasteiger partial charge < -0.3 is 5.32 Å². The van der Waals surface area contributed by atoms with Crippen molar-refractivity contribution >= 4 is 58.2 Å². The van der Waals surface area contributed by atoms with E-state index in [1.165, 1.54) is 7.11 Å². The molecule has 4 rings (SSSR count). The Morgan fingerprint density at radius 2 is 2.03 bits per heavy atom. The van der Waals surface area contributed by atoms with E-state index in [4.69, 9.17) is 15.9 Å². The summed E-state index contributed by atoms with van der Waals surface area (Å²) in [6, 6.07) is 9.36. The van der Waals surface area contributed by atoms with Crippen LogP contribution >= 0.6 is 46.4 Å². The number of hydrogen-bond donors (Lipinski definition) is 3. The summed E-state index contributed by atoms with van der Waals surface area (Å²) in [6.45, 7) is 0.624. The molecule has 166 valence electrons. The van der Waals surface area contributed by atoms with Gasteiger partial charge in [-0.1, -0.05) is 46.3 Å². The second kappa shape index (κ2) is 12.5. The average molecular weight is 576 g/mol. The van der Waals surface area contributed by atoms with Crippen molar-refractivity contribution in [2.45, 2.75) is 25.2 Å². The van der Waals surface area contributed by atoms with E-state index in [-0.39, 0.29) is 0 Å². The van der Waals surface area contributed by atoms with E-state index >= 15 is 0 Å². The van der Waals surface area contributed by atoms with Gasteiger partial charge in [-0.2, -0.15) is 4.98 Å². The molecule has 0 atom stereocenters. The van der Waals surface area contributed by atoms with Crippen molar-refractivity contribution in [3.05, 3.63) is 46.9 Å². The number of rotatable bonds is 10. The maximum Gasteiger partial charge on any atom is 0.247 e. The first-order chi connectivity index (χ1) is 15.2. The zero-order valence-electron chi connectivity index (χ0n) is 17.1. The fourth-order valence-electron chi connectivity index (χ4n) is 2.72. The van der Waals surface area contributed by atoms with E-state index in [0.29, 0.717) is 41.5 Å². The molecule has 0 unspecified atom stereocenters. The molecule has 0 radical (unpaired) electrons. The summed E-state index contributed by atoms with van der Waals surface area (Å²) >= 11 is 9.52. The maximum absolute atomic E-state index is 6.35. The van der Waals surface area contributed by atoms with E-state index in [1.807, 2.05) is 35.3 Å². The highest BCUT2D eigenvalue weighted by Crippen LogP contribution is 2.38. The van der Waals surface area contributed by atoms with Gasteiger partial charge in [0.05, 0.1) is 12.1 Å². The number of benzene rings is 1. The maximum atomic E-state index is 6.35. The summed E-state index contributed by atoms with van der Waals surface area (Å²) in [5.74, 6) is 3.04. The standard InChI is InChI=1S/C18H20ClN7O2S.CH3I/c1-27-28-29-20-9-8-12-10-15(23-18-24-16(25-26-18)11-6-7-11)22-17(21-12)13-4-2-3-5-14(13)19;1-2/h2-5,10-11,20H,6-9H2,1H3,(H2,21,22,23,24,25,26);1H3. The van der Waals surface area contributed by atoms with Gasteiger partial charge in [0.15, 0.2) is 5.82 Å². The van der Waals surface area contributed by atoms with Crippen molar-refractivity contribution in [3.8, 4) is 11.4 Å². The van der Waals surface area contributed by atoms with Gasteiger partial charge in [-0.05, 0) is 29.9 Å². The van der Waals surface area contributed by atoms with Crippen molar-refractivity contribution in [2.24, 2.45) is 0 Å². The van der Waals surface area contributed by atoms with Crippen LogP contribution in [-0.4, -0.2) is 43.7 Å². The topological polar surface area (TPSA) is 110 Å². The molecule has 3 N–H and O–H groups in total. The van der Waals surface area contributed by atoms with Gasteiger partial charge in [-0.25, -0.2) is 19.6 Å². The van der Waals surface area contributed by atoms with Crippen LogP contribution < -0.4 is 10.0 Å². The van der Waals surface area contributed by atoms with Crippen LogP contribution in [0.4, 0.5) is 11.8 Å². The molecule has 12 heteroatoms. The zero-order chi connectivity index (χ0) is 22.1. The minimum absolute atomic E-state index is 0.490. The molecule has 2 heterocycles. The van der Waals surface area contributed by atoms with Crippen LogP contribution in [0, 0.1) is 0 Å². The highest BCUT2D eigenvalue weighted by atomic mass is 127. The minimum Gasteiger partial charge on any atom is -0.307 e. The van der Waals surface area contributed by atoms with E-state index in [2.05, 4.69) is 62.7 Å². The molecular weight excluding hydrogens is 553 g/mol. The number of alkyl halides is 1. The molecule has 0 saturated heterocycles. The van der Waals surface area contributed by atoms with Gasteiger partial charge in [-0.3, -0.25) is 5.10 Å². The van der Waals surface area contributed by atoms with E-state index in [0.717, 1.165) is 42.2 Å². The highest BCUT2D eigenvalue weighted by Gasteiger charge is 2.27. The average Bonchev–Trinajstić information content (AvgIpc) is 3.54. The first-order valence-electron chi connectivity index (χ1n) is 9.52. The highest BCUT2D eigenvalue weighted by molar-refractivity contribution is 14.1. The van der Waals surface area contributed by atoms with Crippen molar-refractivity contribution in [1.29, 1.82) is 0 Å². The predicted molar refractivity (Wildman–Crippen MR) is 131 cm³/mol. The SMILES string of the molecule is CI.COOSNCCc1cc(Nc2n[nH]c(C3CC3)n2)nc(-c2ccccc2Cl)n1. The number of aromatic amines is 1. The van der Waals surface area contributed by atoms with Crippen molar-refractivity contribution in [3.63, 3.8) is 0 Å². The van der Waals surface area contributed by atoms with Crippen LogP contribution in [0.3, 0.4) is 0 Å². The zero-order valence-corrected chi connectivity index (χ0v) is 20.8. The Morgan fingerprint density at radius 1 is 1.23 bits per heavy atom. The Bertz CT molecular complexity index is 974. The molecule has 0 bridgehead atoms. The van der Waals surface area contributed by atoms with Crippen LogP contribution in [0.1, 0.15) is 30.3 Å². The normalized spacial score (nSPS) is 12.9. The summed E-state index contributed by atoms with van der Waals surface area (Å²) in [5.41, 5.74) is 1.60. The van der Waals surface area contributed by atoms with Crippen molar-refractivity contribution in [2.75, 3.05) is 23.9 Å². The van der Waals surface area contributed by atoms with Crippen LogP contribution in [0.25, 0.3) is 11.4 Å². The number of anilines is 2. The van der Waals surface area contributed by atoms with Gasteiger partial charge in [0.25, 0.3) is 0 Å². The molecule has 31 heavy (non-hydrogen) atoms. The first kappa shape index (κ1) is 24.1. The number of H-pyrrole nitrogens is 1. The first-order valence-corrected chi connectivity index (χ1v) is 12.8. The van der Waals surface area contributed by atoms with Crippen LogP contribution in [0.2, 0.25) is 5.02 Å². The molecule has 1 fully saturated rings. The minimum atomic E-state index is 0.490. The fraction of sp³-hybridized carbons (Fsp3) is 0.368. The summed E-state index contributed by atoms with van der Waals surface area (Å²) in [5, 5.41) is 11.0.